The molecule has 0 atom stereocenters. The van der Waals surface area contributed by atoms with Crippen LogP contribution < -0.4 is 15.8 Å². The van der Waals surface area contributed by atoms with E-state index in [1.54, 1.807) is 24.3 Å². The highest BCUT2D eigenvalue weighted by atomic mass is 16.5. The Bertz CT molecular complexity index is 691. The van der Waals surface area contributed by atoms with Crippen LogP contribution in [0, 0.1) is 0 Å². The first kappa shape index (κ1) is 17.3. The van der Waals surface area contributed by atoms with Crippen LogP contribution in [0.2, 0.25) is 0 Å². The van der Waals surface area contributed by atoms with Crippen LogP contribution in [0.1, 0.15) is 5.56 Å². The van der Waals surface area contributed by atoms with Gasteiger partial charge in [0.05, 0.1) is 13.0 Å². The quantitative estimate of drug-likeness (QED) is 0.533. The fraction of sp³-hybridized carbons (Fsp3) is 0.176. The number of para-hydroxylation sites is 1. The Morgan fingerprint density at radius 3 is 2.50 bits per heavy atom. The number of urea groups is 1. The zero-order valence-electron chi connectivity index (χ0n) is 13.0. The lowest BCUT2D eigenvalue weighted by atomic mass is 10.1. The van der Waals surface area contributed by atoms with Gasteiger partial charge in [-0.05, 0) is 29.8 Å². The molecule has 7 heteroatoms. The summed E-state index contributed by atoms with van der Waals surface area (Å²) in [6.07, 6.45) is 0.0130. The molecule has 0 saturated carbocycles. The molecule has 2 aromatic carbocycles. The van der Waals surface area contributed by atoms with Gasteiger partial charge in [0.15, 0.2) is 0 Å². The van der Waals surface area contributed by atoms with Crippen LogP contribution in [-0.4, -0.2) is 35.3 Å². The zero-order chi connectivity index (χ0) is 17.4. The van der Waals surface area contributed by atoms with Crippen molar-refractivity contribution >= 4 is 11.9 Å². The second-order valence-corrected chi connectivity index (χ2v) is 5.05. The number of primary amides is 1. The highest BCUT2D eigenvalue weighted by Gasteiger charge is 2.12. The van der Waals surface area contributed by atoms with Gasteiger partial charge >= 0.3 is 6.03 Å². The average Bonchev–Trinajstić information content (AvgIpc) is 2.55. The van der Waals surface area contributed by atoms with Crippen LogP contribution in [-0.2, 0) is 11.2 Å². The summed E-state index contributed by atoms with van der Waals surface area (Å²) in [5, 5.41) is 12.5. The van der Waals surface area contributed by atoms with E-state index in [0.29, 0.717) is 22.1 Å². The lowest BCUT2D eigenvalue weighted by Crippen LogP contribution is -2.39. The molecule has 0 aromatic heterocycles. The van der Waals surface area contributed by atoms with E-state index in [4.69, 9.17) is 10.5 Å². The summed E-state index contributed by atoms with van der Waals surface area (Å²) in [7, 11) is 0. The summed E-state index contributed by atoms with van der Waals surface area (Å²) in [6, 6.07) is 15.7. The van der Waals surface area contributed by atoms with Crippen LogP contribution >= 0.6 is 0 Å². The normalized spacial score (nSPS) is 10.0. The fourth-order valence-electron chi connectivity index (χ4n) is 2.02. The topological polar surface area (TPSA) is 105 Å². The number of hydrogen-bond acceptors (Lipinski definition) is 4. The predicted octanol–water partition coefficient (Wildman–Crippen LogP) is 1.91. The van der Waals surface area contributed by atoms with Crippen molar-refractivity contribution in [1.29, 1.82) is 0 Å². The molecule has 0 aliphatic rings. The van der Waals surface area contributed by atoms with Crippen molar-refractivity contribution in [2.24, 2.45) is 5.73 Å². The van der Waals surface area contributed by atoms with E-state index < -0.39 is 11.9 Å². The molecule has 0 spiro atoms. The lowest BCUT2D eigenvalue weighted by molar-refractivity contribution is -0.164. The van der Waals surface area contributed by atoms with Crippen LogP contribution in [0.15, 0.2) is 54.6 Å². The maximum absolute atomic E-state index is 11.9. The fourth-order valence-corrected chi connectivity index (χ4v) is 2.02. The van der Waals surface area contributed by atoms with Gasteiger partial charge in [-0.15, -0.1) is 0 Å². The predicted molar refractivity (Wildman–Crippen MR) is 87.7 cm³/mol. The van der Waals surface area contributed by atoms with E-state index in [-0.39, 0.29) is 19.5 Å². The standard InChI is InChI=1S/C17H19N3O4/c18-17(22)19-9-10-20(23)16(21)12-13-5-4-8-15(11-13)24-14-6-2-1-3-7-14/h1-8,11,23H,9-10,12H2,(H3,18,19,22). The SMILES string of the molecule is NC(=O)NCCN(O)C(=O)Cc1cccc(Oc2ccccc2)c1. The molecule has 2 rings (SSSR count). The van der Waals surface area contributed by atoms with Crippen molar-refractivity contribution in [1.82, 2.24) is 10.4 Å². The van der Waals surface area contributed by atoms with Gasteiger partial charge < -0.3 is 15.8 Å². The summed E-state index contributed by atoms with van der Waals surface area (Å²) in [4.78, 5) is 22.5. The summed E-state index contributed by atoms with van der Waals surface area (Å²) < 4.78 is 5.70. The van der Waals surface area contributed by atoms with E-state index in [0.717, 1.165) is 0 Å². The third-order valence-electron chi connectivity index (χ3n) is 3.14. The Labute approximate surface area is 139 Å². The first-order chi connectivity index (χ1) is 11.5. The maximum Gasteiger partial charge on any atom is 0.312 e. The lowest BCUT2D eigenvalue weighted by Gasteiger charge is -2.15. The Morgan fingerprint density at radius 2 is 1.79 bits per heavy atom. The molecular formula is C17H19N3O4. The number of hydroxylamine groups is 2. The van der Waals surface area contributed by atoms with Gasteiger partial charge in [0.25, 0.3) is 0 Å². The van der Waals surface area contributed by atoms with Crippen molar-refractivity contribution < 1.29 is 19.5 Å². The Balaban J connectivity index is 1.91. The highest BCUT2D eigenvalue weighted by Crippen LogP contribution is 2.22. The van der Waals surface area contributed by atoms with Crippen molar-refractivity contribution in [2.75, 3.05) is 13.1 Å². The number of rotatable bonds is 7. The van der Waals surface area contributed by atoms with Gasteiger partial charge in [-0.1, -0.05) is 30.3 Å². The Kier molecular flexibility index (Phi) is 6.16. The number of hydrogen-bond donors (Lipinski definition) is 3. The molecule has 0 bridgehead atoms. The molecule has 0 fully saturated rings. The largest absolute Gasteiger partial charge is 0.457 e. The molecule has 126 valence electrons. The van der Waals surface area contributed by atoms with E-state index >= 15 is 0 Å². The average molecular weight is 329 g/mol. The summed E-state index contributed by atoms with van der Waals surface area (Å²) in [5.74, 6) is 0.812. The van der Waals surface area contributed by atoms with Crippen LogP contribution in [0.5, 0.6) is 11.5 Å². The summed E-state index contributed by atoms with van der Waals surface area (Å²) in [6.45, 7) is 0.0384. The Morgan fingerprint density at radius 1 is 1.08 bits per heavy atom. The second-order valence-electron chi connectivity index (χ2n) is 5.05. The molecule has 7 nitrogen and oxygen atoms in total. The monoisotopic (exact) mass is 329 g/mol. The molecule has 0 radical (unpaired) electrons. The molecule has 3 amide bonds. The first-order valence-corrected chi connectivity index (χ1v) is 7.39. The summed E-state index contributed by atoms with van der Waals surface area (Å²) in [5.41, 5.74) is 5.61. The molecule has 0 aliphatic carbocycles. The minimum atomic E-state index is -0.707. The van der Waals surface area contributed by atoms with Gasteiger partial charge in [0.2, 0.25) is 5.91 Å². The van der Waals surface area contributed by atoms with Gasteiger partial charge in [-0.2, -0.15) is 0 Å². The number of ether oxygens (including phenoxy) is 1. The number of nitrogens with zero attached hydrogens (tertiary/aromatic N) is 1. The second kappa shape index (κ2) is 8.54. The zero-order valence-corrected chi connectivity index (χ0v) is 13.0. The number of benzene rings is 2. The van der Waals surface area contributed by atoms with E-state index in [9.17, 15) is 14.8 Å². The van der Waals surface area contributed by atoms with Crippen LogP contribution in [0.25, 0.3) is 0 Å². The minimum absolute atomic E-state index is 0.0130. The van der Waals surface area contributed by atoms with E-state index in [1.165, 1.54) is 0 Å². The van der Waals surface area contributed by atoms with E-state index in [1.807, 2.05) is 30.3 Å². The molecule has 24 heavy (non-hydrogen) atoms. The third kappa shape index (κ3) is 5.62. The van der Waals surface area contributed by atoms with Crippen molar-refractivity contribution in [3.63, 3.8) is 0 Å². The van der Waals surface area contributed by atoms with Crippen molar-refractivity contribution in [3.05, 3.63) is 60.2 Å². The van der Waals surface area contributed by atoms with Crippen molar-refractivity contribution in [3.8, 4) is 11.5 Å². The summed E-state index contributed by atoms with van der Waals surface area (Å²) >= 11 is 0. The Hall–Kier alpha value is -3.06. The molecule has 0 aliphatic heterocycles. The number of nitrogens with two attached hydrogens (primary N) is 1. The van der Waals surface area contributed by atoms with Gasteiger partial charge in [-0.25, -0.2) is 9.86 Å². The van der Waals surface area contributed by atoms with Gasteiger partial charge in [0.1, 0.15) is 11.5 Å². The number of nitrogens with one attached hydrogen (secondary N) is 1. The molecule has 0 unspecified atom stereocenters. The first-order valence-electron chi connectivity index (χ1n) is 7.39. The third-order valence-corrected chi connectivity index (χ3v) is 3.14. The van der Waals surface area contributed by atoms with Crippen molar-refractivity contribution in [2.45, 2.75) is 6.42 Å². The molecule has 2 aromatic rings. The maximum atomic E-state index is 11.9. The number of carbonyl (C=O) groups is 2. The smallest absolute Gasteiger partial charge is 0.312 e. The van der Waals surface area contributed by atoms with Gasteiger partial charge in [-0.3, -0.25) is 10.0 Å². The molecule has 0 heterocycles. The minimum Gasteiger partial charge on any atom is -0.457 e. The number of carbonyl (C=O) groups excluding carboxylic acids is 2. The molecule has 4 N–H and O–H groups in total. The number of amides is 3. The van der Waals surface area contributed by atoms with Crippen LogP contribution in [0.4, 0.5) is 4.79 Å². The van der Waals surface area contributed by atoms with E-state index in [2.05, 4.69) is 5.32 Å². The van der Waals surface area contributed by atoms with Gasteiger partial charge in [0, 0.05) is 6.54 Å². The van der Waals surface area contributed by atoms with Crippen LogP contribution in [0.3, 0.4) is 0 Å². The molecular weight excluding hydrogens is 310 g/mol. The highest BCUT2D eigenvalue weighted by molar-refractivity contribution is 5.78. The molecule has 0 saturated heterocycles.